The monoisotopic (exact) mass is 208 g/mol. The standard InChI is InChI=1S/C12H20N2O/c1-12(10-13,8-9-15-2)14-11-6-4-3-5-7-11/h3-7,14H,8-10,13H2,1-2H3. The van der Waals surface area contributed by atoms with Gasteiger partial charge in [0.1, 0.15) is 0 Å². The first-order valence-corrected chi connectivity index (χ1v) is 5.22. The molecule has 1 rings (SSSR count). The number of rotatable bonds is 6. The maximum Gasteiger partial charge on any atom is 0.0489 e. The van der Waals surface area contributed by atoms with Crippen LogP contribution in [0.15, 0.2) is 30.3 Å². The van der Waals surface area contributed by atoms with E-state index in [1.165, 1.54) is 0 Å². The van der Waals surface area contributed by atoms with E-state index in [9.17, 15) is 0 Å². The first-order chi connectivity index (χ1) is 7.20. The normalized spacial score (nSPS) is 14.6. The van der Waals surface area contributed by atoms with Gasteiger partial charge >= 0.3 is 0 Å². The van der Waals surface area contributed by atoms with Gasteiger partial charge in [-0.1, -0.05) is 18.2 Å². The van der Waals surface area contributed by atoms with Crippen LogP contribution in [0.25, 0.3) is 0 Å². The predicted octanol–water partition coefficient (Wildman–Crippen LogP) is 1.85. The van der Waals surface area contributed by atoms with Crippen LogP contribution in [0.2, 0.25) is 0 Å². The number of methoxy groups -OCH3 is 1. The van der Waals surface area contributed by atoms with Gasteiger partial charge in [0, 0.05) is 31.5 Å². The number of para-hydroxylation sites is 1. The number of ether oxygens (including phenoxy) is 1. The van der Waals surface area contributed by atoms with Crippen molar-refractivity contribution in [3.05, 3.63) is 30.3 Å². The molecular weight excluding hydrogens is 188 g/mol. The Hall–Kier alpha value is -1.06. The van der Waals surface area contributed by atoms with Crippen LogP contribution in [0.5, 0.6) is 0 Å². The van der Waals surface area contributed by atoms with Gasteiger partial charge in [-0.25, -0.2) is 0 Å². The fraction of sp³-hybridized carbons (Fsp3) is 0.500. The summed E-state index contributed by atoms with van der Waals surface area (Å²) in [4.78, 5) is 0. The fourth-order valence-corrected chi connectivity index (χ4v) is 1.41. The fourth-order valence-electron chi connectivity index (χ4n) is 1.41. The highest BCUT2D eigenvalue weighted by atomic mass is 16.5. The molecule has 0 fully saturated rings. The molecule has 1 unspecified atom stereocenters. The highest BCUT2D eigenvalue weighted by Crippen LogP contribution is 2.17. The maximum atomic E-state index is 5.78. The van der Waals surface area contributed by atoms with Crippen LogP contribution < -0.4 is 11.1 Å². The Balaban J connectivity index is 2.59. The average molecular weight is 208 g/mol. The summed E-state index contributed by atoms with van der Waals surface area (Å²) in [5.41, 5.74) is 6.78. The van der Waals surface area contributed by atoms with E-state index in [1.807, 2.05) is 30.3 Å². The quantitative estimate of drug-likeness (QED) is 0.750. The zero-order valence-corrected chi connectivity index (χ0v) is 9.49. The third-order valence-electron chi connectivity index (χ3n) is 2.53. The first-order valence-electron chi connectivity index (χ1n) is 5.22. The number of benzene rings is 1. The summed E-state index contributed by atoms with van der Waals surface area (Å²) in [5.74, 6) is 0. The molecule has 15 heavy (non-hydrogen) atoms. The molecular formula is C12H20N2O. The molecule has 0 bridgehead atoms. The Bertz CT molecular complexity index is 276. The predicted molar refractivity (Wildman–Crippen MR) is 64.0 cm³/mol. The van der Waals surface area contributed by atoms with E-state index in [4.69, 9.17) is 10.5 Å². The van der Waals surface area contributed by atoms with Crippen LogP contribution >= 0.6 is 0 Å². The van der Waals surface area contributed by atoms with E-state index in [0.29, 0.717) is 13.2 Å². The number of hydrogen-bond acceptors (Lipinski definition) is 3. The highest BCUT2D eigenvalue weighted by Gasteiger charge is 2.21. The van der Waals surface area contributed by atoms with E-state index in [-0.39, 0.29) is 5.54 Å². The third kappa shape index (κ3) is 3.90. The molecule has 0 saturated carbocycles. The second-order valence-corrected chi connectivity index (χ2v) is 4.00. The van der Waals surface area contributed by atoms with Crippen LogP contribution in [0.3, 0.4) is 0 Å². The molecule has 3 nitrogen and oxygen atoms in total. The molecule has 1 aromatic rings. The van der Waals surface area contributed by atoms with Gasteiger partial charge in [-0.2, -0.15) is 0 Å². The molecule has 0 heterocycles. The van der Waals surface area contributed by atoms with Crippen molar-refractivity contribution < 1.29 is 4.74 Å². The van der Waals surface area contributed by atoms with E-state index in [1.54, 1.807) is 7.11 Å². The molecule has 0 aliphatic rings. The highest BCUT2D eigenvalue weighted by molar-refractivity contribution is 5.45. The lowest BCUT2D eigenvalue weighted by atomic mass is 9.98. The molecule has 0 aliphatic carbocycles. The summed E-state index contributed by atoms with van der Waals surface area (Å²) in [7, 11) is 1.71. The molecule has 84 valence electrons. The van der Waals surface area contributed by atoms with Crippen molar-refractivity contribution in [2.45, 2.75) is 18.9 Å². The molecule has 0 spiro atoms. The molecule has 0 aliphatic heterocycles. The van der Waals surface area contributed by atoms with Crippen LogP contribution in [0.1, 0.15) is 13.3 Å². The zero-order valence-electron chi connectivity index (χ0n) is 9.49. The topological polar surface area (TPSA) is 47.3 Å². The summed E-state index contributed by atoms with van der Waals surface area (Å²) in [6, 6.07) is 10.1. The minimum Gasteiger partial charge on any atom is -0.385 e. The Morgan fingerprint density at radius 3 is 2.53 bits per heavy atom. The molecule has 0 radical (unpaired) electrons. The van der Waals surface area contributed by atoms with Crippen molar-refractivity contribution in [2.24, 2.45) is 5.73 Å². The van der Waals surface area contributed by atoms with Crippen molar-refractivity contribution in [1.82, 2.24) is 0 Å². The van der Waals surface area contributed by atoms with Gasteiger partial charge < -0.3 is 15.8 Å². The Morgan fingerprint density at radius 2 is 2.00 bits per heavy atom. The first kappa shape index (κ1) is 12.0. The van der Waals surface area contributed by atoms with E-state index in [0.717, 1.165) is 12.1 Å². The lowest BCUT2D eigenvalue weighted by Crippen LogP contribution is -2.43. The van der Waals surface area contributed by atoms with Crippen LogP contribution in [-0.2, 0) is 4.74 Å². The van der Waals surface area contributed by atoms with Crippen molar-refractivity contribution in [2.75, 3.05) is 25.6 Å². The lowest BCUT2D eigenvalue weighted by molar-refractivity contribution is 0.177. The third-order valence-corrected chi connectivity index (χ3v) is 2.53. The number of nitrogens with two attached hydrogens (primary N) is 1. The molecule has 1 atom stereocenters. The number of hydrogen-bond donors (Lipinski definition) is 2. The molecule has 1 aromatic carbocycles. The number of anilines is 1. The minimum absolute atomic E-state index is 0.0998. The van der Waals surface area contributed by atoms with Crippen LogP contribution in [0.4, 0.5) is 5.69 Å². The van der Waals surface area contributed by atoms with Gasteiger partial charge in [0.15, 0.2) is 0 Å². The van der Waals surface area contributed by atoms with Gasteiger partial charge in [0.25, 0.3) is 0 Å². The Kier molecular flexibility index (Phi) is 4.59. The van der Waals surface area contributed by atoms with Crippen molar-refractivity contribution in [3.63, 3.8) is 0 Å². The molecule has 3 N–H and O–H groups in total. The summed E-state index contributed by atoms with van der Waals surface area (Å²) in [5, 5.41) is 3.43. The van der Waals surface area contributed by atoms with Gasteiger partial charge in [0.2, 0.25) is 0 Å². The van der Waals surface area contributed by atoms with Gasteiger partial charge in [0.05, 0.1) is 0 Å². The summed E-state index contributed by atoms with van der Waals surface area (Å²) in [6.45, 7) is 3.41. The molecule has 3 heteroatoms. The Labute approximate surface area is 91.6 Å². The van der Waals surface area contributed by atoms with E-state index in [2.05, 4.69) is 12.2 Å². The average Bonchev–Trinajstić information content (AvgIpc) is 2.28. The Morgan fingerprint density at radius 1 is 1.33 bits per heavy atom. The summed E-state index contributed by atoms with van der Waals surface area (Å²) >= 11 is 0. The van der Waals surface area contributed by atoms with E-state index >= 15 is 0 Å². The SMILES string of the molecule is COCCC(C)(CN)Nc1ccccc1. The van der Waals surface area contributed by atoms with Crippen LogP contribution in [-0.4, -0.2) is 25.8 Å². The van der Waals surface area contributed by atoms with Gasteiger partial charge in [-0.05, 0) is 25.5 Å². The lowest BCUT2D eigenvalue weighted by Gasteiger charge is -2.30. The molecule has 0 saturated heterocycles. The van der Waals surface area contributed by atoms with Gasteiger partial charge in [-0.3, -0.25) is 0 Å². The molecule has 0 aromatic heterocycles. The van der Waals surface area contributed by atoms with Crippen molar-refractivity contribution in [3.8, 4) is 0 Å². The van der Waals surface area contributed by atoms with Crippen molar-refractivity contribution >= 4 is 5.69 Å². The largest absolute Gasteiger partial charge is 0.385 e. The number of nitrogens with one attached hydrogen (secondary N) is 1. The zero-order chi connectivity index (χ0) is 11.1. The summed E-state index contributed by atoms with van der Waals surface area (Å²) < 4.78 is 5.08. The van der Waals surface area contributed by atoms with Gasteiger partial charge in [-0.15, -0.1) is 0 Å². The van der Waals surface area contributed by atoms with E-state index < -0.39 is 0 Å². The van der Waals surface area contributed by atoms with Crippen LogP contribution in [0, 0.1) is 0 Å². The maximum absolute atomic E-state index is 5.78. The minimum atomic E-state index is -0.0998. The second-order valence-electron chi connectivity index (χ2n) is 4.00. The summed E-state index contributed by atoms with van der Waals surface area (Å²) in [6.07, 6.45) is 0.898. The smallest absolute Gasteiger partial charge is 0.0489 e. The molecule has 0 amide bonds. The second kappa shape index (κ2) is 5.73. The van der Waals surface area contributed by atoms with Crippen molar-refractivity contribution in [1.29, 1.82) is 0 Å².